The fraction of sp³-hybridized carbons (Fsp3) is 0.623. The third-order valence-corrected chi connectivity index (χ3v) is 13.8. The number of ether oxygens (including phenoxy) is 6. The predicted molar refractivity (Wildman–Crippen MR) is 254 cm³/mol. The number of cyclic esters (lactones) is 1. The van der Waals surface area contributed by atoms with E-state index in [-0.39, 0.29) is 51.1 Å². The average molecular weight is 974 g/mol. The van der Waals surface area contributed by atoms with Gasteiger partial charge in [-0.25, -0.2) is 9.59 Å². The number of carbonyl (C=O) groups excluding carboxylic acids is 6. The summed E-state index contributed by atoms with van der Waals surface area (Å²) < 4.78 is 36.2. The molecule has 8 atom stereocenters. The molecule has 4 saturated heterocycles. The first-order valence-corrected chi connectivity index (χ1v) is 25.0. The van der Waals surface area contributed by atoms with Crippen LogP contribution in [0.25, 0.3) is 6.08 Å². The Morgan fingerprint density at radius 2 is 1.66 bits per heavy atom. The molecule has 1 saturated carbocycles. The third-order valence-electron chi connectivity index (χ3n) is 13.8. The minimum absolute atomic E-state index is 0.00518. The molecule has 2 amide bonds. The van der Waals surface area contributed by atoms with Crippen molar-refractivity contribution in [3.05, 3.63) is 76.9 Å². The second kappa shape index (κ2) is 22.1. The van der Waals surface area contributed by atoms with Crippen LogP contribution in [0.4, 0.5) is 0 Å². The molecule has 8 unspecified atom stereocenters. The number of hydroxylamine groups is 2. The first-order chi connectivity index (χ1) is 33.3. The van der Waals surface area contributed by atoms with E-state index in [0.717, 1.165) is 38.5 Å². The minimum Gasteiger partial charge on any atom is -0.462 e. The van der Waals surface area contributed by atoms with Crippen molar-refractivity contribution in [3.63, 3.8) is 0 Å². The summed E-state index contributed by atoms with van der Waals surface area (Å²) in [4.78, 5) is 87.7. The van der Waals surface area contributed by atoms with E-state index < -0.39 is 101 Å². The summed E-state index contributed by atoms with van der Waals surface area (Å²) in [6.07, 6.45) is 5.75. The van der Waals surface area contributed by atoms with Crippen LogP contribution in [0.5, 0.6) is 0 Å². The third kappa shape index (κ3) is 11.8. The number of aliphatic hydroxyl groups excluding tert-OH is 1. The van der Waals surface area contributed by atoms with Crippen LogP contribution in [0, 0.1) is 10.8 Å². The molecule has 70 heavy (non-hydrogen) atoms. The number of carbonyl (C=O) groups is 6. The van der Waals surface area contributed by atoms with E-state index in [2.05, 4.69) is 24.5 Å². The molecular weight excluding hydrogens is 903 g/mol. The fourth-order valence-corrected chi connectivity index (χ4v) is 10.3. The lowest BCUT2D eigenvalue weighted by atomic mass is 9.62. The smallest absolute Gasteiger partial charge is 0.348 e. The first kappa shape index (κ1) is 52.6. The van der Waals surface area contributed by atoms with Crippen LogP contribution >= 0.6 is 0 Å². The summed E-state index contributed by atoms with van der Waals surface area (Å²) in [6.45, 7) is 12.9. The second-order valence-corrected chi connectivity index (χ2v) is 21.0. The Morgan fingerprint density at radius 1 is 0.943 bits per heavy atom. The van der Waals surface area contributed by atoms with Gasteiger partial charge in [0.15, 0.2) is 11.8 Å². The van der Waals surface area contributed by atoms with Gasteiger partial charge in [-0.3, -0.25) is 24.0 Å². The van der Waals surface area contributed by atoms with Crippen LogP contribution in [0.1, 0.15) is 146 Å². The molecule has 0 aromatic heterocycles. The summed E-state index contributed by atoms with van der Waals surface area (Å²) >= 11 is 0. The van der Waals surface area contributed by atoms with E-state index in [1.165, 1.54) is 11.1 Å². The number of esters is 4. The van der Waals surface area contributed by atoms with Gasteiger partial charge < -0.3 is 44.2 Å². The Morgan fingerprint density at radius 3 is 2.33 bits per heavy atom. The van der Waals surface area contributed by atoms with Crippen LogP contribution in [-0.2, 0) is 70.3 Å². The van der Waals surface area contributed by atoms with Gasteiger partial charge in [-0.2, -0.15) is 5.06 Å². The molecule has 17 heteroatoms. The standard InChI is InChI=1S/C53H71N3O14/c1-8-10-14-25-52(26-15-11-9-2)68-41-38-28-53(49(63)54-29-33-17-16-20-35(27-33)46(60)55-37(31-57)22-24-40(59)67-50(3,4)5)43(47(61)65-38)56(70-44(53)42(41)69-52)30-36-19-13-12-18-34(36)21-23-39(58)66-45-48(62)64-32-51(45,6)7/h12-13,16-21,23,27,37-38,41-45,57H,8-11,14-15,22,24-26,28-32H2,1-7H3,(H,54,63)(H,55,60). The molecule has 382 valence electrons. The van der Waals surface area contributed by atoms with Gasteiger partial charge in [-0.05, 0) is 74.9 Å². The lowest BCUT2D eigenvalue weighted by molar-refractivity contribution is -0.224. The highest BCUT2D eigenvalue weighted by Crippen LogP contribution is 2.58. The highest BCUT2D eigenvalue weighted by Gasteiger charge is 2.76. The number of unbranched alkanes of at least 4 members (excludes halogenated alkanes) is 4. The van der Waals surface area contributed by atoms with Gasteiger partial charge in [0.2, 0.25) is 12.0 Å². The Kier molecular flexibility index (Phi) is 16.6. The molecule has 17 nitrogen and oxygen atoms in total. The van der Waals surface area contributed by atoms with Crippen molar-refractivity contribution in [2.45, 2.75) is 186 Å². The monoisotopic (exact) mass is 973 g/mol. The number of aliphatic hydroxyl groups is 1. The molecule has 4 heterocycles. The van der Waals surface area contributed by atoms with Crippen LogP contribution in [0.2, 0.25) is 0 Å². The Bertz CT molecular complexity index is 2260. The molecule has 4 aliphatic heterocycles. The van der Waals surface area contributed by atoms with Crippen molar-refractivity contribution < 1.29 is 67.1 Å². The van der Waals surface area contributed by atoms with Crippen molar-refractivity contribution in [1.29, 1.82) is 0 Å². The maximum absolute atomic E-state index is 15.2. The molecule has 1 aliphatic carbocycles. The summed E-state index contributed by atoms with van der Waals surface area (Å²) in [5.41, 5.74) is -0.707. The van der Waals surface area contributed by atoms with Gasteiger partial charge in [0.1, 0.15) is 42.0 Å². The Labute approximate surface area is 410 Å². The number of hydrogen-bond acceptors (Lipinski definition) is 15. The van der Waals surface area contributed by atoms with Crippen LogP contribution < -0.4 is 10.6 Å². The van der Waals surface area contributed by atoms with Crippen LogP contribution in [-0.4, -0.2) is 113 Å². The molecule has 2 bridgehead atoms. The van der Waals surface area contributed by atoms with E-state index in [0.29, 0.717) is 29.5 Å². The molecule has 2 aromatic rings. The van der Waals surface area contributed by atoms with Gasteiger partial charge in [0, 0.05) is 49.3 Å². The van der Waals surface area contributed by atoms with Crippen molar-refractivity contribution in [3.8, 4) is 0 Å². The molecular formula is C53H71N3O14. The number of hydrogen-bond donors (Lipinski definition) is 3. The summed E-state index contributed by atoms with van der Waals surface area (Å²) in [5.74, 6) is -4.29. The Hall–Kier alpha value is -5.20. The lowest BCUT2D eigenvalue weighted by Crippen LogP contribution is -2.69. The van der Waals surface area contributed by atoms with Crippen molar-refractivity contribution in [2.75, 3.05) is 13.2 Å². The minimum atomic E-state index is -1.50. The molecule has 3 N–H and O–H groups in total. The maximum Gasteiger partial charge on any atom is 0.348 e. The quantitative estimate of drug-likeness (QED) is 0.0521. The fourth-order valence-electron chi connectivity index (χ4n) is 10.3. The van der Waals surface area contributed by atoms with E-state index in [4.69, 9.17) is 33.3 Å². The summed E-state index contributed by atoms with van der Waals surface area (Å²) in [5, 5.41) is 17.4. The number of nitrogens with zero attached hydrogens (tertiary/aromatic N) is 1. The number of nitrogens with one attached hydrogen (secondary N) is 2. The number of benzene rings is 2. The van der Waals surface area contributed by atoms with E-state index in [9.17, 15) is 29.1 Å². The lowest BCUT2D eigenvalue weighted by Gasteiger charge is -2.48. The molecule has 5 aliphatic rings. The first-order valence-electron chi connectivity index (χ1n) is 25.0. The zero-order valence-corrected chi connectivity index (χ0v) is 41.6. The van der Waals surface area contributed by atoms with Gasteiger partial charge in [-0.15, -0.1) is 0 Å². The largest absolute Gasteiger partial charge is 0.462 e. The van der Waals surface area contributed by atoms with E-state index in [1.54, 1.807) is 77.1 Å². The van der Waals surface area contributed by atoms with Gasteiger partial charge in [-0.1, -0.05) is 89.8 Å². The van der Waals surface area contributed by atoms with Crippen LogP contribution in [0.3, 0.4) is 0 Å². The molecule has 0 spiro atoms. The molecule has 5 fully saturated rings. The maximum atomic E-state index is 15.2. The number of rotatable bonds is 22. The summed E-state index contributed by atoms with van der Waals surface area (Å²) in [7, 11) is 0. The Balaban J connectivity index is 1.14. The number of amides is 2. The van der Waals surface area contributed by atoms with Crippen molar-refractivity contribution >= 4 is 41.8 Å². The zero-order chi connectivity index (χ0) is 50.4. The number of fused-ring (bicyclic) bond motifs is 4. The highest BCUT2D eigenvalue weighted by molar-refractivity contribution is 5.95. The second-order valence-electron chi connectivity index (χ2n) is 21.0. The molecule has 0 radical (unpaired) electrons. The normalized spacial score (nSPS) is 26.8. The molecule has 2 aromatic carbocycles. The van der Waals surface area contributed by atoms with Gasteiger partial charge in [0.05, 0.1) is 19.2 Å². The van der Waals surface area contributed by atoms with Crippen LogP contribution in [0.15, 0.2) is 54.6 Å². The van der Waals surface area contributed by atoms with E-state index >= 15 is 4.79 Å². The van der Waals surface area contributed by atoms with Crippen molar-refractivity contribution in [2.24, 2.45) is 10.8 Å². The van der Waals surface area contributed by atoms with E-state index in [1.807, 2.05) is 12.1 Å². The molecule has 7 rings (SSSR count). The average Bonchev–Trinajstić information content (AvgIpc) is 3.96. The van der Waals surface area contributed by atoms with Crippen molar-refractivity contribution in [1.82, 2.24) is 15.7 Å². The SMILES string of the molecule is CCCCCC1(CCCCC)OC2C3CC4(C(=O)NCc5cccc(C(=O)NC(CO)CCC(=O)OC(C)(C)C)c5)C(ON(Cc5ccccc5C=CC(=O)OC5C(=O)OCC5(C)C)C4C(=O)O3)C2O1. The predicted octanol–water partition coefficient (Wildman–Crippen LogP) is 6.16. The van der Waals surface area contributed by atoms with Gasteiger partial charge >= 0.3 is 23.9 Å². The van der Waals surface area contributed by atoms with Gasteiger partial charge in [0.25, 0.3) is 5.91 Å². The highest BCUT2D eigenvalue weighted by atomic mass is 16.8. The summed E-state index contributed by atoms with van der Waals surface area (Å²) in [6, 6.07) is 12.0. The zero-order valence-electron chi connectivity index (χ0n) is 41.6. The topological polar surface area (TPSA) is 215 Å².